The summed E-state index contributed by atoms with van der Waals surface area (Å²) in [6.07, 6.45) is 0. The van der Waals surface area contributed by atoms with Gasteiger partial charge in [0, 0.05) is 7.05 Å². The summed E-state index contributed by atoms with van der Waals surface area (Å²) >= 11 is 0. The van der Waals surface area contributed by atoms with E-state index in [4.69, 9.17) is 5.84 Å². The van der Waals surface area contributed by atoms with Gasteiger partial charge in [-0.2, -0.15) is 0 Å². The maximum atomic E-state index is 13.1. The predicted molar refractivity (Wildman–Crippen MR) is 47.5 cm³/mol. The van der Waals surface area contributed by atoms with Crippen molar-refractivity contribution in [3.63, 3.8) is 0 Å². The topological polar surface area (TPSA) is 58.4 Å². The molecule has 0 saturated heterocycles. The van der Waals surface area contributed by atoms with Crippen LogP contribution in [0.4, 0.5) is 14.9 Å². The molecule has 4 nitrogen and oxygen atoms in total. The van der Waals surface area contributed by atoms with Crippen molar-refractivity contribution in [1.29, 1.82) is 0 Å². The molecule has 0 aliphatic heterocycles. The number of anilines is 1. The summed E-state index contributed by atoms with van der Waals surface area (Å²) in [7, 11) is 1.43. The number of benzene rings is 1. The fourth-order valence-corrected chi connectivity index (χ4v) is 0.930. The molecule has 0 spiro atoms. The van der Waals surface area contributed by atoms with Crippen molar-refractivity contribution in [2.75, 3.05) is 11.9 Å². The van der Waals surface area contributed by atoms with E-state index in [9.17, 15) is 9.18 Å². The molecule has 1 aromatic carbocycles. The molecule has 2 amide bonds. The van der Waals surface area contributed by atoms with Gasteiger partial charge < -0.3 is 0 Å². The van der Waals surface area contributed by atoms with Crippen LogP contribution in [0.1, 0.15) is 0 Å². The number of nitrogens with zero attached hydrogens (tertiary/aromatic N) is 1. The highest BCUT2D eigenvalue weighted by atomic mass is 19.1. The first kappa shape index (κ1) is 9.47. The third-order valence-electron chi connectivity index (χ3n) is 1.64. The fraction of sp³-hybridized carbons (Fsp3) is 0.125. The zero-order valence-corrected chi connectivity index (χ0v) is 7.12. The number of amides is 2. The van der Waals surface area contributed by atoms with Gasteiger partial charge >= 0.3 is 6.03 Å². The molecule has 70 valence electrons. The lowest BCUT2D eigenvalue weighted by Crippen LogP contribution is -2.41. The summed E-state index contributed by atoms with van der Waals surface area (Å²) in [5, 5.41) is 0. The molecule has 1 rings (SSSR count). The van der Waals surface area contributed by atoms with E-state index in [-0.39, 0.29) is 5.69 Å². The minimum atomic E-state index is -0.565. The Morgan fingerprint density at radius 2 is 2.15 bits per heavy atom. The average Bonchev–Trinajstić information content (AvgIpc) is 2.16. The van der Waals surface area contributed by atoms with Crippen LogP contribution in [0.25, 0.3) is 0 Å². The van der Waals surface area contributed by atoms with Gasteiger partial charge in [-0.25, -0.2) is 15.0 Å². The summed E-state index contributed by atoms with van der Waals surface area (Å²) in [5.41, 5.74) is 2.10. The Bertz CT molecular complexity index is 316. The number of para-hydroxylation sites is 1. The number of halogens is 1. The van der Waals surface area contributed by atoms with Crippen molar-refractivity contribution in [3.8, 4) is 0 Å². The monoisotopic (exact) mass is 183 g/mol. The summed E-state index contributed by atoms with van der Waals surface area (Å²) in [6, 6.07) is 5.39. The van der Waals surface area contributed by atoms with E-state index >= 15 is 0 Å². The van der Waals surface area contributed by atoms with Crippen molar-refractivity contribution < 1.29 is 9.18 Å². The van der Waals surface area contributed by atoms with E-state index in [0.717, 1.165) is 4.90 Å². The number of urea groups is 1. The first-order valence-electron chi connectivity index (χ1n) is 3.65. The molecule has 0 atom stereocenters. The van der Waals surface area contributed by atoms with Crippen molar-refractivity contribution in [2.24, 2.45) is 5.84 Å². The third-order valence-corrected chi connectivity index (χ3v) is 1.64. The van der Waals surface area contributed by atoms with Crippen LogP contribution in [-0.2, 0) is 0 Å². The lowest BCUT2D eigenvalue weighted by molar-refractivity contribution is 0.247. The molecular weight excluding hydrogens is 173 g/mol. The van der Waals surface area contributed by atoms with Crippen molar-refractivity contribution >= 4 is 11.7 Å². The maximum absolute atomic E-state index is 13.1. The SMILES string of the molecule is CN(C(=O)NN)c1ccccc1F. The van der Waals surface area contributed by atoms with E-state index in [2.05, 4.69) is 0 Å². The molecule has 0 aliphatic rings. The number of hydrazine groups is 1. The van der Waals surface area contributed by atoms with Gasteiger partial charge in [-0.1, -0.05) is 12.1 Å². The van der Waals surface area contributed by atoms with Crippen LogP contribution in [0.3, 0.4) is 0 Å². The molecule has 0 unspecified atom stereocenters. The van der Waals surface area contributed by atoms with Gasteiger partial charge in [0.05, 0.1) is 5.69 Å². The molecule has 0 bridgehead atoms. The predicted octanol–water partition coefficient (Wildman–Crippen LogP) is 0.845. The first-order valence-corrected chi connectivity index (χ1v) is 3.65. The van der Waals surface area contributed by atoms with Crippen LogP contribution in [0.5, 0.6) is 0 Å². The second-order valence-electron chi connectivity index (χ2n) is 2.46. The van der Waals surface area contributed by atoms with Gasteiger partial charge in [0.25, 0.3) is 0 Å². The van der Waals surface area contributed by atoms with Gasteiger partial charge in [-0.15, -0.1) is 0 Å². The second kappa shape index (κ2) is 3.86. The molecule has 0 heterocycles. The lowest BCUT2D eigenvalue weighted by Gasteiger charge is -2.16. The van der Waals surface area contributed by atoms with Gasteiger partial charge in [-0.05, 0) is 12.1 Å². The molecule has 0 radical (unpaired) electrons. The van der Waals surface area contributed by atoms with Crippen LogP contribution >= 0.6 is 0 Å². The highest BCUT2D eigenvalue weighted by Crippen LogP contribution is 2.16. The number of hydrogen-bond donors (Lipinski definition) is 2. The van der Waals surface area contributed by atoms with Crippen LogP contribution in [0.15, 0.2) is 24.3 Å². The van der Waals surface area contributed by atoms with Crippen LogP contribution in [-0.4, -0.2) is 13.1 Å². The van der Waals surface area contributed by atoms with E-state index < -0.39 is 11.8 Å². The number of nitrogens with one attached hydrogen (secondary N) is 1. The zero-order valence-electron chi connectivity index (χ0n) is 7.12. The highest BCUT2D eigenvalue weighted by molar-refractivity contribution is 5.90. The van der Waals surface area contributed by atoms with Crippen molar-refractivity contribution in [2.45, 2.75) is 0 Å². The smallest absolute Gasteiger partial charge is 0.294 e. The van der Waals surface area contributed by atoms with Gasteiger partial charge in [-0.3, -0.25) is 10.3 Å². The summed E-state index contributed by atoms with van der Waals surface area (Å²) in [6.45, 7) is 0. The number of carbonyl (C=O) groups is 1. The van der Waals surface area contributed by atoms with Gasteiger partial charge in [0.1, 0.15) is 5.82 Å². The van der Waals surface area contributed by atoms with E-state index in [1.54, 1.807) is 12.1 Å². The molecule has 0 saturated carbocycles. The number of carbonyl (C=O) groups excluding carboxylic acids is 1. The molecule has 0 aromatic heterocycles. The normalized spacial score (nSPS) is 9.46. The molecule has 0 aliphatic carbocycles. The lowest BCUT2D eigenvalue weighted by atomic mass is 10.3. The maximum Gasteiger partial charge on any atom is 0.335 e. The minimum Gasteiger partial charge on any atom is -0.294 e. The Kier molecular flexibility index (Phi) is 2.81. The van der Waals surface area contributed by atoms with Gasteiger partial charge in [0.2, 0.25) is 0 Å². The molecule has 3 N–H and O–H groups in total. The Morgan fingerprint density at radius 1 is 1.54 bits per heavy atom. The summed E-state index contributed by atoms with van der Waals surface area (Å²) < 4.78 is 13.1. The van der Waals surface area contributed by atoms with E-state index in [1.165, 1.54) is 19.2 Å². The van der Waals surface area contributed by atoms with E-state index in [0.29, 0.717) is 0 Å². The standard InChI is InChI=1S/C8H10FN3O/c1-12(8(13)11-10)7-5-3-2-4-6(7)9/h2-5H,10H2,1H3,(H,11,13). The second-order valence-corrected chi connectivity index (χ2v) is 2.46. The highest BCUT2D eigenvalue weighted by Gasteiger charge is 2.11. The molecule has 5 heteroatoms. The first-order chi connectivity index (χ1) is 6.16. The Morgan fingerprint density at radius 3 is 2.69 bits per heavy atom. The fourth-order valence-electron chi connectivity index (χ4n) is 0.930. The number of nitrogens with two attached hydrogens (primary N) is 1. The van der Waals surface area contributed by atoms with Crippen LogP contribution < -0.4 is 16.2 Å². The van der Waals surface area contributed by atoms with Crippen LogP contribution in [0.2, 0.25) is 0 Å². The quantitative estimate of drug-likeness (QED) is 0.385. The molecule has 1 aromatic rings. The molecule has 13 heavy (non-hydrogen) atoms. The van der Waals surface area contributed by atoms with Gasteiger partial charge in [0.15, 0.2) is 0 Å². The third kappa shape index (κ3) is 1.94. The van der Waals surface area contributed by atoms with Crippen molar-refractivity contribution in [3.05, 3.63) is 30.1 Å². The molecular formula is C8H10FN3O. The molecule has 0 fully saturated rings. The number of hydrogen-bond acceptors (Lipinski definition) is 2. The number of rotatable bonds is 1. The van der Waals surface area contributed by atoms with Crippen molar-refractivity contribution in [1.82, 2.24) is 5.43 Å². The van der Waals surface area contributed by atoms with Crippen LogP contribution in [0, 0.1) is 5.82 Å². The average molecular weight is 183 g/mol. The Labute approximate surface area is 75.1 Å². The summed E-state index contributed by atoms with van der Waals surface area (Å²) in [4.78, 5) is 12.1. The largest absolute Gasteiger partial charge is 0.335 e. The summed E-state index contributed by atoms with van der Waals surface area (Å²) in [5.74, 6) is 4.43. The Hall–Kier alpha value is -1.62. The van der Waals surface area contributed by atoms with E-state index in [1.807, 2.05) is 5.43 Å². The Balaban J connectivity index is 2.95. The zero-order chi connectivity index (χ0) is 9.84. The minimum absolute atomic E-state index is 0.186.